The fraction of sp³-hybridized carbons (Fsp3) is 0.174. The van der Waals surface area contributed by atoms with Gasteiger partial charge in [0.25, 0.3) is 5.56 Å². The topological polar surface area (TPSA) is 106 Å². The quantitative estimate of drug-likeness (QED) is 0.453. The molecule has 2 amide bonds. The van der Waals surface area contributed by atoms with E-state index in [1.807, 2.05) is 36.6 Å². The molecule has 10 heteroatoms. The number of hydrogen-bond acceptors (Lipinski definition) is 6. The number of fused-ring (bicyclic) bond motifs is 1. The van der Waals surface area contributed by atoms with Gasteiger partial charge in [0.1, 0.15) is 12.4 Å². The molecule has 1 atom stereocenters. The Hall–Kier alpha value is -3.92. The molecule has 8 nitrogen and oxygen atoms in total. The van der Waals surface area contributed by atoms with Crippen LogP contribution >= 0.6 is 11.3 Å². The Labute approximate surface area is 192 Å². The van der Waals surface area contributed by atoms with Crippen LogP contribution in [-0.2, 0) is 16.1 Å². The van der Waals surface area contributed by atoms with Crippen LogP contribution < -0.4 is 16.2 Å². The molecule has 0 aliphatic carbocycles. The summed E-state index contributed by atoms with van der Waals surface area (Å²) in [5, 5.41) is 7.82. The highest BCUT2D eigenvalue weighted by molar-refractivity contribution is 7.14. The number of carbonyl (C=O) groups is 2. The van der Waals surface area contributed by atoms with E-state index in [9.17, 15) is 18.8 Å². The fourth-order valence-corrected chi connectivity index (χ4v) is 4.09. The monoisotopic (exact) mass is 465 g/mol. The molecule has 0 aliphatic heterocycles. The number of thiazole rings is 1. The first-order valence-electron chi connectivity index (χ1n) is 10.1. The molecular formula is C23H20FN5O3S. The minimum absolute atomic E-state index is 0.0969. The van der Waals surface area contributed by atoms with Gasteiger partial charge in [0.05, 0.1) is 29.0 Å². The number of aromatic nitrogens is 3. The van der Waals surface area contributed by atoms with Crippen LogP contribution in [0.2, 0.25) is 0 Å². The molecule has 33 heavy (non-hydrogen) atoms. The van der Waals surface area contributed by atoms with E-state index >= 15 is 0 Å². The first kappa shape index (κ1) is 22.3. The largest absolute Gasteiger partial charge is 0.350 e. The van der Waals surface area contributed by atoms with Gasteiger partial charge in [-0.25, -0.2) is 14.4 Å². The number of rotatable bonds is 6. The third kappa shape index (κ3) is 5.12. The number of amides is 2. The van der Waals surface area contributed by atoms with E-state index in [0.717, 1.165) is 21.8 Å². The predicted molar refractivity (Wildman–Crippen MR) is 124 cm³/mol. The predicted octanol–water partition coefficient (Wildman–Crippen LogP) is 3.49. The Bertz CT molecular complexity index is 1400. The van der Waals surface area contributed by atoms with Crippen molar-refractivity contribution >= 4 is 39.2 Å². The second kappa shape index (κ2) is 9.29. The lowest BCUT2D eigenvalue weighted by Gasteiger charge is -2.13. The third-order valence-corrected chi connectivity index (χ3v) is 5.73. The molecule has 0 radical (unpaired) electrons. The number of benzene rings is 2. The van der Waals surface area contributed by atoms with Crippen LogP contribution in [0.15, 0.2) is 59.0 Å². The molecule has 4 rings (SSSR count). The normalized spacial score (nSPS) is 11.8. The zero-order chi connectivity index (χ0) is 23.5. The van der Waals surface area contributed by atoms with Crippen molar-refractivity contribution in [1.29, 1.82) is 0 Å². The lowest BCUT2D eigenvalue weighted by Crippen LogP contribution is -2.27. The Morgan fingerprint density at radius 2 is 1.94 bits per heavy atom. The lowest BCUT2D eigenvalue weighted by atomic mass is 10.1. The van der Waals surface area contributed by atoms with E-state index in [-0.39, 0.29) is 23.9 Å². The molecule has 2 aromatic carbocycles. The van der Waals surface area contributed by atoms with E-state index in [2.05, 4.69) is 20.6 Å². The number of anilines is 1. The van der Waals surface area contributed by atoms with Crippen LogP contribution in [0.25, 0.3) is 22.2 Å². The molecule has 0 spiro atoms. The summed E-state index contributed by atoms with van der Waals surface area (Å²) in [7, 11) is 0. The van der Waals surface area contributed by atoms with Crippen LogP contribution in [-0.4, -0.2) is 26.3 Å². The molecule has 2 N–H and O–H groups in total. The summed E-state index contributed by atoms with van der Waals surface area (Å²) in [5.41, 5.74) is 2.38. The highest BCUT2D eigenvalue weighted by Crippen LogP contribution is 2.26. The van der Waals surface area contributed by atoms with Gasteiger partial charge in [-0.15, -0.1) is 11.3 Å². The maximum absolute atomic E-state index is 13.5. The maximum Gasteiger partial charge on any atom is 0.261 e. The number of carbonyl (C=O) groups excluding carboxylic acids is 2. The van der Waals surface area contributed by atoms with Crippen molar-refractivity contribution in [2.24, 2.45) is 0 Å². The fourth-order valence-electron chi connectivity index (χ4n) is 3.35. The van der Waals surface area contributed by atoms with Crippen LogP contribution in [0.4, 0.5) is 9.52 Å². The third-order valence-electron chi connectivity index (χ3n) is 4.98. The lowest BCUT2D eigenvalue weighted by molar-refractivity contribution is -0.119. The average Bonchev–Trinajstić information content (AvgIpc) is 3.24. The molecule has 0 fully saturated rings. The molecule has 0 aliphatic rings. The Kier molecular flexibility index (Phi) is 6.27. The second-order valence-electron chi connectivity index (χ2n) is 7.47. The van der Waals surface area contributed by atoms with Gasteiger partial charge in [-0.2, -0.15) is 0 Å². The van der Waals surface area contributed by atoms with Crippen molar-refractivity contribution in [1.82, 2.24) is 19.9 Å². The van der Waals surface area contributed by atoms with Gasteiger partial charge >= 0.3 is 0 Å². The highest BCUT2D eigenvalue weighted by atomic mass is 32.1. The summed E-state index contributed by atoms with van der Waals surface area (Å²) in [6.45, 7) is 3.10. The van der Waals surface area contributed by atoms with Crippen molar-refractivity contribution in [3.63, 3.8) is 0 Å². The van der Waals surface area contributed by atoms with Gasteiger partial charge in [-0.1, -0.05) is 24.3 Å². The van der Waals surface area contributed by atoms with Gasteiger partial charge < -0.3 is 10.6 Å². The molecule has 168 valence electrons. The van der Waals surface area contributed by atoms with Crippen LogP contribution in [0.3, 0.4) is 0 Å². The molecule has 4 aromatic rings. The Morgan fingerprint density at radius 3 is 2.67 bits per heavy atom. The second-order valence-corrected chi connectivity index (χ2v) is 8.33. The summed E-state index contributed by atoms with van der Waals surface area (Å²) >= 11 is 1.26. The van der Waals surface area contributed by atoms with Gasteiger partial charge in [0.2, 0.25) is 11.8 Å². The molecule has 0 unspecified atom stereocenters. The molecule has 2 aromatic heterocycles. The van der Waals surface area contributed by atoms with Crippen molar-refractivity contribution in [3.8, 4) is 11.3 Å². The van der Waals surface area contributed by atoms with Crippen LogP contribution in [0, 0.1) is 5.82 Å². The number of nitrogens with zero attached hydrogens (tertiary/aromatic N) is 3. The Morgan fingerprint density at radius 1 is 1.18 bits per heavy atom. The van der Waals surface area contributed by atoms with Crippen molar-refractivity contribution < 1.29 is 14.0 Å². The zero-order valence-electron chi connectivity index (χ0n) is 17.8. The zero-order valence-corrected chi connectivity index (χ0v) is 18.6. The van der Waals surface area contributed by atoms with Crippen molar-refractivity contribution in [2.75, 3.05) is 5.32 Å². The number of halogens is 1. The summed E-state index contributed by atoms with van der Waals surface area (Å²) in [5.74, 6) is -1.09. The van der Waals surface area contributed by atoms with Gasteiger partial charge in [0, 0.05) is 17.9 Å². The molecule has 0 saturated heterocycles. The summed E-state index contributed by atoms with van der Waals surface area (Å²) in [6, 6.07) is 11.3. The summed E-state index contributed by atoms with van der Waals surface area (Å²) in [6.07, 6.45) is 1.26. The van der Waals surface area contributed by atoms with Crippen LogP contribution in [0.1, 0.15) is 25.5 Å². The summed E-state index contributed by atoms with van der Waals surface area (Å²) in [4.78, 5) is 44.7. The van der Waals surface area contributed by atoms with E-state index < -0.39 is 17.3 Å². The van der Waals surface area contributed by atoms with E-state index in [1.54, 1.807) is 0 Å². The maximum atomic E-state index is 13.5. The first-order valence-corrected chi connectivity index (χ1v) is 11.0. The molecule has 0 bridgehead atoms. The van der Waals surface area contributed by atoms with E-state index in [1.165, 1.54) is 36.7 Å². The SMILES string of the molecule is CC(=O)N[C@@H](C)c1ccc(-c2csc(NC(=O)Cn3cnc4ccc(F)cc4c3=O)n2)cc1. The van der Waals surface area contributed by atoms with Crippen LogP contribution in [0.5, 0.6) is 0 Å². The van der Waals surface area contributed by atoms with Gasteiger partial charge in [-0.05, 0) is 30.7 Å². The van der Waals surface area contributed by atoms with Crippen molar-refractivity contribution in [3.05, 3.63) is 75.9 Å². The standard InChI is InChI=1S/C23H20FN5O3S/c1-13(26-14(2)30)15-3-5-16(6-4-15)20-11-33-23(27-20)28-21(31)10-29-12-25-19-8-7-17(24)9-18(19)22(29)32/h3-9,11-13H,10H2,1-2H3,(H,26,30)(H,27,28,31)/t13-/m0/s1. The van der Waals surface area contributed by atoms with Gasteiger partial charge in [0.15, 0.2) is 5.13 Å². The minimum atomic E-state index is -0.545. The molecule has 0 saturated carbocycles. The Balaban J connectivity index is 1.44. The van der Waals surface area contributed by atoms with Crippen molar-refractivity contribution in [2.45, 2.75) is 26.4 Å². The highest BCUT2D eigenvalue weighted by Gasteiger charge is 2.12. The molecular weight excluding hydrogens is 445 g/mol. The first-order chi connectivity index (χ1) is 15.8. The molecule has 2 heterocycles. The number of nitrogens with one attached hydrogen (secondary N) is 2. The smallest absolute Gasteiger partial charge is 0.261 e. The van der Waals surface area contributed by atoms with E-state index in [0.29, 0.717) is 16.3 Å². The number of hydrogen-bond donors (Lipinski definition) is 2. The van der Waals surface area contributed by atoms with Gasteiger partial charge in [-0.3, -0.25) is 19.0 Å². The minimum Gasteiger partial charge on any atom is -0.350 e. The average molecular weight is 466 g/mol. The van der Waals surface area contributed by atoms with E-state index in [4.69, 9.17) is 0 Å². The summed E-state index contributed by atoms with van der Waals surface area (Å²) < 4.78 is 14.6.